The molecule has 1 aromatic carbocycles. The molecule has 3 N–H and O–H groups in total. The van der Waals surface area contributed by atoms with Gasteiger partial charge in [0, 0.05) is 43.0 Å². The molecule has 1 saturated carbocycles. The molecular formula is C23H30FN3O4. The number of nitrogens with zero attached hydrogens (tertiary/aromatic N) is 2. The Hall–Kier alpha value is -2.61. The number of aliphatic carboxylic acids is 1. The van der Waals surface area contributed by atoms with Gasteiger partial charge in [-0.25, -0.2) is 4.39 Å². The first-order chi connectivity index (χ1) is 14.8. The number of benzene rings is 1. The van der Waals surface area contributed by atoms with Crippen molar-refractivity contribution in [2.75, 3.05) is 24.6 Å². The molecule has 31 heavy (non-hydrogen) atoms. The lowest BCUT2D eigenvalue weighted by Gasteiger charge is -2.25. The van der Waals surface area contributed by atoms with Crippen LogP contribution in [0.5, 0.6) is 5.75 Å². The molecule has 1 aliphatic carbocycles. The first-order valence-corrected chi connectivity index (χ1v) is 11.0. The molecule has 2 fully saturated rings. The van der Waals surface area contributed by atoms with Crippen LogP contribution in [0.2, 0.25) is 0 Å². The number of pyridine rings is 1. The van der Waals surface area contributed by atoms with Crippen molar-refractivity contribution < 1.29 is 19.0 Å². The van der Waals surface area contributed by atoms with E-state index in [1.54, 1.807) is 4.57 Å². The predicted molar refractivity (Wildman–Crippen MR) is 118 cm³/mol. The SMILES string of the molecule is Cc1c(N2CCC([C@H](C)N)C2)c(F)cc2c(OCCCC(=O)O)cc(=O)n(C3CC3)c12. The number of carboxylic acids is 1. The molecule has 2 atom stereocenters. The van der Waals surface area contributed by atoms with Gasteiger partial charge in [0.05, 0.1) is 17.8 Å². The van der Waals surface area contributed by atoms with E-state index in [0.29, 0.717) is 41.2 Å². The fourth-order valence-electron chi connectivity index (χ4n) is 4.65. The summed E-state index contributed by atoms with van der Waals surface area (Å²) in [6.07, 6.45) is 3.06. The van der Waals surface area contributed by atoms with Crippen molar-refractivity contribution in [1.29, 1.82) is 0 Å². The third-order valence-electron chi connectivity index (χ3n) is 6.45. The van der Waals surface area contributed by atoms with Gasteiger partial charge in [-0.15, -0.1) is 0 Å². The number of rotatable bonds is 8. The fraction of sp³-hybridized carbons (Fsp3) is 0.565. The van der Waals surface area contributed by atoms with Crippen molar-refractivity contribution in [3.8, 4) is 5.75 Å². The molecule has 2 heterocycles. The van der Waals surface area contributed by atoms with Gasteiger partial charge in [0.2, 0.25) is 0 Å². The minimum atomic E-state index is -0.903. The molecule has 8 heteroatoms. The minimum Gasteiger partial charge on any atom is -0.493 e. The summed E-state index contributed by atoms with van der Waals surface area (Å²) in [4.78, 5) is 25.7. The number of halogens is 1. The quantitative estimate of drug-likeness (QED) is 0.623. The van der Waals surface area contributed by atoms with Crippen LogP contribution in [0, 0.1) is 18.7 Å². The second kappa shape index (κ2) is 8.49. The van der Waals surface area contributed by atoms with E-state index in [2.05, 4.69) is 0 Å². The van der Waals surface area contributed by atoms with E-state index in [1.807, 2.05) is 18.7 Å². The standard InChI is InChI=1S/C23H30FN3O4/c1-13-22-17(10-18(24)23(13)26-8-7-15(12-26)14(2)25)19(31-9-3-4-21(29)30)11-20(28)27(22)16-5-6-16/h10-11,14-16H,3-9,12,25H2,1-2H3,(H,29,30)/t14-,15?/m0/s1. The van der Waals surface area contributed by atoms with Gasteiger partial charge >= 0.3 is 5.97 Å². The van der Waals surface area contributed by atoms with Crippen LogP contribution in [-0.2, 0) is 4.79 Å². The number of aryl methyl sites for hydroxylation is 1. The van der Waals surface area contributed by atoms with Gasteiger partial charge in [-0.3, -0.25) is 9.59 Å². The van der Waals surface area contributed by atoms with E-state index in [1.165, 1.54) is 12.1 Å². The third-order valence-corrected chi connectivity index (χ3v) is 6.45. The summed E-state index contributed by atoms with van der Waals surface area (Å²) >= 11 is 0. The molecule has 1 saturated heterocycles. The monoisotopic (exact) mass is 431 g/mol. The number of anilines is 1. The molecule has 7 nitrogen and oxygen atoms in total. The highest BCUT2D eigenvalue weighted by Gasteiger charge is 2.32. The van der Waals surface area contributed by atoms with Crippen LogP contribution < -0.4 is 20.9 Å². The molecule has 0 spiro atoms. The van der Waals surface area contributed by atoms with Crippen molar-refractivity contribution in [1.82, 2.24) is 4.57 Å². The summed E-state index contributed by atoms with van der Waals surface area (Å²) < 4.78 is 22.9. The van der Waals surface area contributed by atoms with Crippen molar-refractivity contribution in [3.63, 3.8) is 0 Å². The smallest absolute Gasteiger partial charge is 0.303 e. The zero-order valence-corrected chi connectivity index (χ0v) is 18.1. The van der Waals surface area contributed by atoms with Gasteiger partial charge in [0.25, 0.3) is 5.56 Å². The lowest BCUT2D eigenvalue weighted by Crippen LogP contribution is -2.30. The lowest BCUT2D eigenvalue weighted by atomic mass is 10.0. The van der Waals surface area contributed by atoms with Crippen LogP contribution in [-0.4, -0.2) is 41.4 Å². The van der Waals surface area contributed by atoms with Gasteiger partial charge in [-0.2, -0.15) is 0 Å². The number of hydrogen-bond donors (Lipinski definition) is 2. The Morgan fingerprint density at radius 3 is 2.71 bits per heavy atom. The van der Waals surface area contributed by atoms with Crippen LogP contribution in [0.25, 0.3) is 10.9 Å². The average Bonchev–Trinajstić information content (AvgIpc) is 3.41. The molecule has 4 rings (SSSR count). The second-order valence-electron chi connectivity index (χ2n) is 8.88. The van der Waals surface area contributed by atoms with Crippen LogP contribution in [0.4, 0.5) is 10.1 Å². The highest BCUT2D eigenvalue weighted by atomic mass is 19.1. The summed E-state index contributed by atoms with van der Waals surface area (Å²) in [6.45, 7) is 5.43. The Labute approximate surface area is 180 Å². The number of fused-ring (bicyclic) bond motifs is 1. The molecule has 2 aromatic rings. The maximum atomic E-state index is 15.4. The van der Waals surface area contributed by atoms with E-state index in [4.69, 9.17) is 15.6 Å². The first-order valence-electron chi connectivity index (χ1n) is 11.0. The Bertz CT molecular complexity index is 1060. The van der Waals surface area contributed by atoms with Crippen LogP contribution in [0.3, 0.4) is 0 Å². The predicted octanol–water partition coefficient (Wildman–Crippen LogP) is 3.20. The van der Waals surface area contributed by atoms with E-state index in [-0.39, 0.29) is 36.5 Å². The average molecular weight is 432 g/mol. The Morgan fingerprint density at radius 1 is 1.35 bits per heavy atom. The van der Waals surface area contributed by atoms with Crippen LogP contribution in [0.1, 0.15) is 50.6 Å². The molecular weight excluding hydrogens is 401 g/mol. The number of carboxylic acid groups (broad SMARTS) is 1. The molecule has 0 bridgehead atoms. The lowest BCUT2D eigenvalue weighted by molar-refractivity contribution is -0.137. The highest BCUT2D eigenvalue weighted by Crippen LogP contribution is 2.42. The zero-order valence-electron chi connectivity index (χ0n) is 18.1. The summed E-state index contributed by atoms with van der Waals surface area (Å²) in [5, 5.41) is 9.38. The zero-order chi connectivity index (χ0) is 22.3. The molecule has 2 aliphatic rings. The number of carbonyl (C=O) groups is 1. The van der Waals surface area contributed by atoms with Gasteiger partial charge < -0.3 is 25.0 Å². The maximum Gasteiger partial charge on any atom is 0.303 e. The van der Waals surface area contributed by atoms with Crippen molar-refractivity contribution in [2.45, 2.75) is 58.0 Å². The van der Waals surface area contributed by atoms with Crippen LogP contribution in [0.15, 0.2) is 16.9 Å². The fourth-order valence-corrected chi connectivity index (χ4v) is 4.65. The molecule has 0 amide bonds. The highest BCUT2D eigenvalue weighted by molar-refractivity contribution is 5.92. The molecule has 1 aliphatic heterocycles. The van der Waals surface area contributed by atoms with E-state index < -0.39 is 5.97 Å². The number of hydrogen-bond acceptors (Lipinski definition) is 5. The normalized spacial score (nSPS) is 19.7. The Balaban J connectivity index is 1.78. The number of aromatic nitrogens is 1. The van der Waals surface area contributed by atoms with E-state index in [9.17, 15) is 9.59 Å². The summed E-state index contributed by atoms with van der Waals surface area (Å²) in [5.74, 6) is -0.624. The summed E-state index contributed by atoms with van der Waals surface area (Å²) in [5.41, 5.74) is 7.89. The number of nitrogens with two attached hydrogens (primary N) is 1. The largest absolute Gasteiger partial charge is 0.493 e. The molecule has 168 valence electrons. The van der Waals surface area contributed by atoms with Gasteiger partial charge in [-0.05, 0) is 57.1 Å². The third kappa shape index (κ3) is 4.26. The van der Waals surface area contributed by atoms with Gasteiger partial charge in [-0.1, -0.05) is 0 Å². The van der Waals surface area contributed by atoms with Gasteiger partial charge in [0.1, 0.15) is 11.6 Å². The minimum absolute atomic E-state index is 0.0235. The van der Waals surface area contributed by atoms with Crippen LogP contribution >= 0.6 is 0 Å². The second-order valence-corrected chi connectivity index (χ2v) is 8.88. The summed E-state index contributed by atoms with van der Waals surface area (Å²) in [7, 11) is 0. The topological polar surface area (TPSA) is 97.8 Å². The van der Waals surface area contributed by atoms with Gasteiger partial charge in [0.15, 0.2) is 0 Å². The van der Waals surface area contributed by atoms with Crippen molar-refractivity contribution in [3.05, 3.63) is 33.9 Å². The van der Waals surface area contributed by atoms with Crippen molar-refractivity contribution in [2.24, 2.45) is 11.7 Å². The van der Waals surface area contributed by atoms with E-state index >= 15 is 4.39 Å². The van der Waals surface area contributed by atoms with E-state index in [0.717, 1.165) is 31.4 Å². The first kappa shape index (κ1) is 21.6. The number of ether oxygens (including phenoxy) is 1. The maximum absolute atomic E-state index is 15.4. The molecule has 1 aromatic heterocycles. The molecule has 0 radical (unpaired) electrons. The summed E-state index contributed by atoms with van der Waals surface area (Å²) in [6, 6.07) is 3.04. The Morgan fingerprint density at radius 2 is 2.10 bits per heavy atom. The van der Waals surface area contributed by atoms with Crippen molar-refractivity contribution >= 4 is 22.6 Å². The molecule has 1 unspecified atom stereocenters. The Kier molecular flexibility index (Phi) is 5.92.